The van der Waals surface area contributed by atoms with Crippen LogP contribution in [0.3, 0.4) is 0 Å². The predicted molar refractivity (Wildman–Crippen MR) is 112 cm³/mol. The summed E-state index contributed by atoms with van der Waals surface area (Å²) in [7, 11) is 0. The maximum atomic E-state index is 2.40. The van der Waals surface area contributed by atoms with Gasteiger partial charge in [-0.1, -0.05) is 97.1 Å². The van der Waals surface area contributed by atoms with Gasteiger partial charge in [-0.2, -0.15) is 0 Å². The van der Waals surface area contributed by atoms with Crippen LogP contribution in [0.15, 0.2) is 97.1 Å². The van der Waals surface area contributed by atoms with Crippen molar-refractivity contribution in [3.05, 3.63) is 119 Å². The Morgan fingerprint density at radius 2 is 0.769 bits per heavy atom. The van der Waals surface area contributed by atoms with E-state index in [-0.39, 0.29) is 0 Å². The summed E-state index contributed by atoms with van der Waals surface area (Å²) in [5.74, 6) is 0. The van der Waals surface area contributed by atoms with E-state index >= 15 is 0 Å². The highest BCUT2D eigenvalue weighted by molar-refractivity contribution is 5.84. The third-order valence-electron chi connectivity index (χ3n) is 5.12. The topological polar surface area (TPSA) is 0 Å². The van der Waals surface area contributed by atoms with E-state index in [9.17, 15) is 0 Å². The molecule has 0 radical (unpaired) electrons. The van der Waals surface area contributed by atoms with E-state index in [2.05, 4.69) is 97.1 Å². The lowest BCUT2D eigenvalue weighted by molar-refractivity contribution is 0.897. The van der Waals surface area contributed by atoms with Gasteiger partial charge in [-0.05, 0) is 58.7 Å². The zero-order valence-electron chi connectivity index (χ0n) is 15.1. The number of hydrogen-bond donors (Lipinski definition) is 0. The van der Waals surface area contributed by atoms with Crippen molar-refractivity contribution in [2.45, 2.75) is 25.7 Å². The van der Waals surface area contributed by atoms with Crippen molar-refractivity contribution in [1.29, 1.82) is 0 Å². The molecule has 0 heterocycles. The molecule has 0 saturated carbocycles. The van der Waals surface area contributed by atoms with Crippen LogP contribution < -0.4 is 0 Å². The Morgan fingerprint density at radius 3 is 1.19 bits per heavy atom. The summed E-state index contributed by atoms with van der Waals surface area (Å²) in [4.78, 5) is 0. The molecule has 0 atom stereocenters. The van der Waals surface area contributed by atoms with Crippen LogP contribution in [0.25, 0.3) is 10.8 Å². The maximum absolute atomic E-state index is 2.40. The van der Waals surface area contributed by atoms with Gasteiger partial charge >= 0.3 is 0 Å². The van der Waals surface area contributed by atoms with Gasteiger partial charge in [-0.25, -0.2) is 0 Å². The molecule has 0 fully saturated rings. The van der Waals surface area contributed by atoms with Crippen molar-refractivity contribution in [1.82, 2.24) is 0 Å². The Hall–Kier alpha value is -2.86. The SMILES string of the molecule is c1ccc(CCc2cc3ccccc3cc2CCc2ccccc2)cc1. The molecule has 4 aromatic carbocycles. The molecule has 4 aromatic rings. The van der Waals surface area contributed by atoms with Crippen LogP contribution in [0.2, 0.25) is 0 Å². The van der Waals surface area contributed by atoms with Gasteiger partial charge in [0.2, 0.25) is 0 Å². The van der Waals surface area contributed by atoms with Gasteiger partial charge in [0, 0.05) is 0 Å². The van der Waals surface area contributed by atoms with E-state index in [1.165, 1.54) is 33.0 Å². The third-order valence-corrected chi connectivity index (χ3v) is 5.12. The molecule has 0 N–H and O–H groups in total. The largest absolute Gasteiger partial charge is 0.0622 e. The number of aryl methyl sites for hydroxylation is 4. The Morgan fingerprint density at radius 1 is 0.385 bits per heavy atom. The molecular weight excluding hydrogens is 312 g/mol. The van der Waals surface area contributed by atoms with Crippen molar-refractivity contribution in [2.24, 2.45) is 0 Å². The zero-order chi connectivity index (χ0) is 17.6. The van der Waals surface area contributed by atoms with Crippen LogP contribution >= 0.6 is 0 Å². The molecule has 0 aromatic heterocycles. The molecule has 0 aliphatic rings. The molecule has 0 amide bonds. The Kier molecular flexibility index (Phi) is 5.12. The fourth-order valence-electron chi connectivity index (χ4n) is 3.65. The summed E-state index contributed by atoms with van der Waals surface area (Å²) in [6.45, 7) is 0. The average Bonchev–Trinajstić information content (AvgIpc) is 2.72. The number of benzene rings is 4. The van der Waals surface area contributed by atoms with Crippen molar-refractivity contribution in [2.75, 3.05) is 0 Å². The first-order chi connectivity index (χ1) is 12.9. The van der Waals surface area contributed by atoms with Crippen LogP contribution in [0.1, 0.15) is 22.3 Å². The van der Waals surface area contributed by atoms with Gasteiger partial charge < -0.3 is 0 Å². The monoisotopic (exact) mass is 336 g/mol. The molecule has 0 nitrogen and oxygen atoms in total. The highest BCUT2D eigenvalue weighted by Crippen LogP contribution is 2.23. The maximum Gasteiger partial charge on any atom is -0.0181 e. The molecule has 0 aliphatic carbocycles. The smallest absolute Gasteiger partial charge is 0.0181 e. The first-order valence-electron chi connectivity index (χ1n) is 9.47. The summed E-state index contributed by atoms with van der Waals surface area (Å²) in [5, 5.41) is 2.69. The fraction of sp³-hybridized carbons (Fsp3) is 0.154. The minimum atomic E-state index is 1.09. The van der Waals surface area contributed by atoms with Crippen LogP contribution in [0.4, 0.5) is 0 Å². The zero-order valence-corrected chi connectivity index (χ0v) is 15.1. The second-order valence-electron chi connectivity index (χ2n) is 6.94. The van der Waals surface area contributed by atoms with Crippen molar-refractivity contribution in [3.63, 3.8) is 0 Å². The molecule has 0 unspecified atom stereocenters. The normalized spacial score (nSPS) is 10.9. The second-order valence-corrected chi connectivity index (χ2v) is 6.94. The van der Waals surface area contributed by atoms with E-state index < -0.39 is 0 Å². The Bertz CT molecular complexity index is 886. The summed E-state index contributed by atoms with van der Waals surface area (Å²) >= 11 is 0. The molecule has 26 heavy (non-hydrogen) atoms. The molecular formula is C26H24. The summed E-state index contributed by atoms with van der Waals surface area (Å²) in [6, 6.07) is 35.1. The van der Waals surface area contributed by atoms with E-state index in [4.69, 9.17) is 0 Å². The van der Waals surface area contributed by atoms with Gasteiger partial charge in [0.1, 0.15) is 0 Å². The number of hydrogen-bond acceptors (Lipinski definition) is 0. The van der Waals surface area contributed by atoms with Gasteiger partial charge in [0.05, 0.1) is 0 Å². The van der Waals surface area contributed by atoms with Crippen LogP contribution in [-0.2, 0) is 25.7 Å². The van der Waals surface area contributed by atoms with Crippen molar-refractivity contribution in [3.8, 4) is 0 Å². The van der Waals surface area contributed by atoms with Gasteiger partial charge in [-0.15, -0.1) is 0 Å². The van der Waals surface area contributed by atoms with Gasteiger partial charge in [0.25, 0.3) is 0 Å². The Balaban J connectivity index is 1.60. The number of rotatable bonds is 6. The first kappa shape index (κ1) is 16.6. The minimum Gasteiger partial charge on any atom is -0.0622 e. The summed E-state index contributed by atoms with van der Waals surface area (Å²) < 4.78 is 0. The fourth-order valence-corrected chi connectivity index (χ4v) is 3.65. The summed E-state index contributed by atoms with van der Waals surface area (Å²) in [5.41, 5.74) is 5.80. The third kappa shape index (κ3) is 4.03. The van der Waals surface area contributed by atoms with E-state index in [0.29, 0.717) is 0 Å². The molecule has 0 bridgehead atoms. The van der Waals surface area contributed by atoms with Crippen molar-refractivity contribution >= 4 is 10.8 Å². The van der Waals surface area contributed by atoms with E-state index in [1.807, 2.05) is 0 Å². The number of fused-ring (bicyclic) bond motifs is 1. The lowest BCUT2D eigenvalue weighted by Crippen LogP contribution is -2.00. The molecule has 0 saturated heterocycles. The molecule has 4 rings (SSSR count). The highest BCUT2D eigenvalue weighted by Gasteiger charge is 2.07. The minimum absolute atomic E-state index is 1.09. The Labute approximate surface area is 156 Å². The van der Waals surface area contributed by atoms with E-state index in [1.54, 1.807) is 0 Å². The standard InChI is InChI=1S/C26H24/c1-3-9-21(10-4-1)15-17-25-19-23-13-7-8-14-24(23)20-26(25)18-16-22-11-5-2-6-12-22/h1-14,19-20H,15-18H2. The molecule has 0 spiro atoms. The van der Waals surface area contributed by atoms with Crippen LogP contribution in [-0.4, -0.2) is 0 Å². The quantitative estimate of drug-likeness (QED) is 0.381. The predicted octanol–water partition coefficient (Wildman–Crippen LogP) is 6.41. The lowest BCUT2D eigenvalue weighted by Gasteiger charge is -2.12. The van der Waals surface area contributed by atoms with E-state index in [0.717, 1.165) is 25.7 Å². The molecule has 128 valence electrons. The molecule has 0 aliphatic heterocycles. The first-order valence-corrected chi connectivity index (χ1v) is 9.47. The summed E-state index contributed by atoms with van der Waals surface area (Å²) in [6.07, 6.45) is 4.38. The van der Waals surface area contributed by atoms with Gasteiger partial charge in [0.15, 0.2) is 0 Å². The lowest BCUT2D eigenvalue weighted by atomic mass is 9.92. The molecule has 0 heteroatoms. The van der Waals surface area contributed by atoms with Crippen LogP contribution in [0, 0.1) is 0 Å². The van der Waals surface area contributed by atoms with Crippen LogP contribution in [0.5, 0.6) is 0 Å². The second kappa shape index (κ2) is 8.01. The van der Waals surface area contributed by atoms with Gasteiger partial charge in [-0.3, -0.25) is 0 Å². The highest BCUT2D eigenvalue weighted by atomic mass is 14.1. The average molecular weight is 336 g/mol. The van der Waals surface area contributed by atoms with Crippen molar-refractivity contribution < 1.29 is 0 Å².